The van der Waals surface area contributed by atoms with Gasteiger partial charge in [0.15, 0.2) is 0 Å². The highest BCUT2D eigenvalue weighted by Crippen LogP contribution is 2.23. The minimum atomic E-state index is -1.02. The molecule has 2 atom stereocenters. The minimum absolute atomic E-state index is 0.135. The molecule has 0 bridgehead atoms. The van der Waals surface area contributed by atoms with Gasteiger partial charge in [0.25, 0.3) is 0 Å². The number of carboxylic acid groups (broad SMARTS) is 1. The molecule has 0 radical (unpaired) electrons. The molecule has 142 valence electrons. The van der Waals surface area contributed by atoms with Crippen LogP contribution in [0.15, 0.2) is 12.7 Å². The zero-order chi connectivity index (χ0) is 19.4. The minimum Gasteiger partial charge on any atom is -0.480 e. The quantitative estimate of drug-likeness (QED) is 0.741. The van der Waals surface area contributed by atoms with Gasteiger partial charge in [-0.1, -0.05) is 19.9 Å². The highest BCUT2D eigenvalue weighted by Gasteiger charge is 2.42. The molecule has 25 heavy (non-hydrogen) atoms. The zero-order valence-corrected chi connectivity index (χ0v) is 15.8. The van der Waals surface area contributed by atoms with Crippen LogP contribution in [-0.2, 0) is 14.3 Å². The number of carbonyl (C=O) groups is 3. The third-order valence-electron chi connectivity index (χ3n) is 3.90. The van der Waals surface area contributed by atoms with Crippen LogP contribution < -0.4 is 0 Å². The van der Waals surface area contributed by atoms with E-state index in [4.69, 9.17) is 4.74 Å². The van der Waals surface area contributed by atoms with E-state index in [9.17, 15) is 19.5 Å². The molecule has 1 heterocycles. The smallest absolute Gasteiger partial charge is 0.411 e. The summed E-state index contributed by atoms with van der Waals surface area (Å²) in [6.45, 7) is 13.2. The molecule has 0 aromatic carbocycles. The number of piperazine rings is 1. The number of amides is 2. The van der Waals surface area contributed by atoms with Crippen LogP contribution in [0, 0.1) is 5.92 Å². The topological polar surface area (TPSA) is 87.2 Å². The lowest BCUT2D eigenvalue weighted by Gasteiger charge is -2.42. The Bertz CT molecular complexity index is 524. The molecular weight excluding hydrogens is 324 g/mol. The number of ether oxygens (including phenoxy) is 1. The zero-order valence-electron chi connectivity index (χ0n) is 15.8. The van der Waals surface area contributed by atoms with Gasteiger partial charge in [-0.25, -0.2) is 9.59 Å². The average Bonchev–Trinajstić information content (AvgIpc) is 2.45. The van der Waals surface area contributed by atoms with Gasteiger partial charge in [0, 0.05) is 13.1 Å². The Morgan fingerprint density at radius 2 is 1.96 bits per heavy atom. The van der Waals surface area contributed by atoms with Gasteiger partial charge in [0.05, 0.1) is 0 Å². The third kappa shape index (κ3) is 5.76. The first-order valence-corrected chi connectivity index (χ1v) is 8.61. The van der Waals surface area contributed by atoms with Gasteiger partial charge in [0.1, 0.15) is 17.7 Å². The van der Waals surface area contributed by atoms with Gasteiger partial charge in [-0.05, 0) is 39.5 Å². The number of aliphatic carboxylic acids is 1. The van der Waals surface area contributed by atoms with E-state index in [1.807, 2.05) is 13.8 Å². The highest BCUT2D eigenvalue weighted by atomic mass is 16.6. The molecule has 0 unspecified atom stereocenters. The summed E-state index contributed by atoms with van der Waals surface area (Å²) in [7, 11) is 0. The molecule has 0 aromatic heterocycles. The molecule has 1 N–H and O–H groups in total. The Balaban J connectivity index is 3.02. The van der Waals surface area contributed by atoms with Crippen LogP contribution in [0.5, 0.6) is 0 Å². The van der Waals surface area contributed by atoms with Crippen LogP contribution in [0.3, 0.4) is 0 Å². The lowest BCUT2D eigenvalue weighted by Crippen LogP contribution is -2.62. The van der Waals surface area contributed by atoms with E-state index < -0.39 is 29.7 Å². The fraction of sp³-hybridized carbons (Fsp3) is 0.722. The van der Waals surface area contributed by atoms with Crippen molar-refractivity contribution in [1.82, 2.24) is 9.80 Å². The van der Waals surface area contributed by atoms with E-state index in [-0.39, 0.29) is 31.3 Å². The summed E-state index contributed by atoms with van der Waals surface area (Å²) >= 11 is 0. The number of carbonyl (C=O) groups excluding carboxylic acids is 2. The molecule has 1 aliphatic heterocycles. The van der Waals surface area contributed by atoms with Crippen LogP contribution in [0.2, 0.25) is 0 Å². The van der Waals surface area contributed by atoms with Crippen molar-refractivity contribution in [2.75, 3.05) is 13.1 Å². The van der Waals surface area contributed by atoms with Gasteiger partial charge in [-0.2, -0.15) is 0 Å². The van der Waals surface area contributed by atoms with Gasteiger partial charge in [0.2, 0.25) is 5.91 Å². The van der Waals surface area contributed by atoms with E-state index in [1.165, 1.54) is 9.80 Å². The van der Waals surface area contributed by atoms with Crippen LogP contribution in [0.4, 0.5) is 4.79 Å². The summed E-state index contributed by atoms with van der Waals surface area (Å²) in [6, 6.07) is -1.67. The Morgan fingerprint density at radius 3 is 2.40 bits per heavy atom. The second kappa shape index (κ2) is 8.36. The van der Waals surface area contributed by atoms with E-state index in [1.54, 1.807) is 26.8 Å². The molecule has 2 amide bonds. The SMILES string of the molecule is C=CC[C@H]1C(=O)N([C@@H](CC(C)C)C(=O)O)CCN1C(=O)OC(C)(C)C. The first-order valence-electron chi connectivity index (χ1n) is 8.61. The van der Waals surface area contributed by atoms with Crippen molar-refractivity contribution >= 4 is 18.0 Å². The molecule has 1 saturated heterocycles. The third-order valence-corrected chi connectivity index (χ3v) is 3.90. The first-order chi connectivity index (χ1) is 11.5. The van der Waals surface area contributed by atoms with E-state index in [0.29, 0.717) is 6.42 Å². The van der Waals surface area contributed by atoms with Gasteiger partial charge in [-0.3, -0.25) is 9.69 Å². The van der Waals surface area contributed by atoms with E-state index >= 15 is 0 Å². The fourth-order valence-corrected chi connectivity index (χ4v) is 2.85. The molecular formula is C18H30N2O5. The van der Waals surface area contributed by atoms with Crippen LogP contribution >= 0.6 is 0 Å². The van der Waals surface area contributed by atoms with Crippen molar-refractivity contribution in [3.63, 3.8) is 0 Å². The molecule has 7 heteroatoms. The fourth-order valence-electron chi connectivity index (χ4n) is 2.85. The number of nitrogens with zero attached hydrogens (tertiary/aromatic N) is 2. The van der Waals surface area contributed by atoms with Crippen molar-refractivity contribution in [3.05, 3.63) is 12.7 Å². The molecule has 0 aliphatic carbocycles. The highest BCUT2D eigenvalue weighted by molar-refractivity contribution is 5.90. The summed E-state index contributed by atoms with van der Waals surface area (Å²) in [5.41, 5.74) is -0.669. The summed E-state index contributed by atoms with van der Waals surface area (Å²) in [5.74, 6) is -1.26. The van der Waals surface area contributed by atoms with Crippen molar-refractivity contribution < 1.29 is 24.2 Å². The molecule has 0 saturated carbocycles. The molecule has 0 spiro atoms. The summed E-state index contributed by atoms with van der Waals surface area (Å²) in [4.78, 5) is 39.7. The molecule has 7 nitrogen and oxygen atoms in total. The normalized spacial score (nSPS) is 19.8. The van der Waals surface area contributed by atoms with Crippen LogP contribution in [-0.4, -0.2) is 63.7 Å². The van der Waals surface area contributed by atoms with Crippen molar-refractivity contribution in [2.24, 2.45) is 5.92 Å². The predicted molar refractivity (Wildman–Crippen MR) is 94.1 cm³/mol. The predicted octanol–water partition coefficient (Wildman–Crippen LogP) is 2.51. The van der Waals surface area contributed by atoms with Gasteiger partial charge in [-0.15, -0.1) is 6.58 Å². The molecule has 1 rings (SSSR count). The van der Waals surface area contributed by atoms with Crippen LogP contribution in [0.1, 0.15) is 47.5 Å². The van der Waals surface area contributed by atoms with E-state index in [0.717, 1.165) is 0 Å². The Kier molecular flexibility index (Phi) is 7.02. The second-order valence-corrected chi connectivity index (χ2v) is 7.73. The van der Waals surface area contributed by atoms with Crippen molar-refractivity contribution in [3.8, 4) is 0 Å². The lowest BCUT2D eigenvalue weighted by molar-refractivity contribution is -0.156. The molecule has 1 aliphatic rings. The monoisotopic (exact) mass is 354 g/mol. The second-order valence-electron chi connectivity index (χ2n) is 7.73. The van der Waals surface area contributed by atoms with Crippen LogP contribution in [0.25, 0.3) is 0 Å². The lowest BCUT2D eigenvalue weighted by atomic mass is 9.99. The maximum absolute atomic E-state index is 12.9. The average molecular weight is 354 g/mol. The Labute approximate surface area is 149 Å². The number of carboxylic acids is 1. The molecule has 0 aromatic rings. The largest absolute Gasteiger partial charge is 0.480 e. The Morgan fingerprint density at radius 1 is 1.36 bits per heavy atom. The number of rotatable bonds is 6. The first kappa shape index (κ1) is 21.0. The molecule has 1 fully saturated rings. The van der Waals surface area contributed by atoms with Crippen molar-refractivity contribution in [1.29, 1.82) is 0 Å². The van der Waals surface area contributed by atoms with Crippen molar-refractivity contribution in [2.45, 2.75) is 65.1 Å². The van der Waals surface area contributed by atoms with E-state index in [2.05, 4.69) is 6.58 Å². The van der Waals surface area contributed by atoms with Gasteiger partial charge < -0.3 is 14.7 Å². The summed E-state index contributed by atoms with van der Waals surface area (Å²) in [6.07, 6.45) is 1.61. The number of hydrogen-bond donors (Lipinski definition) is 1. The maximum Gasteiger partial charge on any atom is 0.411 e. The summed E-state index contributed by atoms with van der Waals surface area (Å²) < 4.78 is 5.38. The number of hydrogen-bond acceptors (Lipinski definition) is 4. The Hall–Kier alpha value is -2.05. The standard InChI is InChI=1S/C18H30N2O5/c1-7-8-13-15(21)19(14(16(22)23)11-12(2)3)9-10-20(13)17(24)25-18(4,5)6/h7,12-14H,1,8-11H2,2-6H3,(H,22,23)/t13-,14-/m0/s1. The van der Waals surface area contributed by atoms with Gasteiger partial charge >= 0.3 is 12.1 Å². The summed E-state index contributed by atoms with van der Waals surface area (Å²) in [5, 5.41) is 9.52. The maximum atomic E-state index is 12.9.